The summed E-state index contributed by atoms with van der Waals surface area (Å²) in [5.41, 5.74) is 3.49. The van der Waals surface area contributed by atoms with Crippen LogP contribution in [0.15, 0.2) is 18.2 Å². The highest BCUT2D eigenvalue weighted by atomic mass is 16.4. The molecule has 0 spiro atoms. The first-order chi connectivity index (χ1) is 8.58. The number of fused-ring (bicyclic) bond motifs is 3. The fourth-order valence-corrected chi connectivity index (χ4v) is 2.61. The monoisotopic (exact) mass is 244 g/mol. The molecule has 0 radical (unpaired) electrons. The fraction of sp³-hybridized carbons (Fsp3) is 0.231. The SMILES string of the molecule is CC1Cc2cc(O)ccc2-c2n[nH]c(C(=O)O)c21. The van der Waals surface area contributed by atoms with Gasteiger partial charge in [0, 0.05) is 11.1 Å². The Morgan fingerprint density at radius 3 is 3.00 bits per heavy atom. The number of hydrogen-bond donors (Lipinski definition) is 3. The lowest BCUT2D eigenvalue weighted by atomic mass is 9.82. The van der Waals surface area contributed by atoms with Gasteiger partial charge in [0.05, 0.1) is 5.69 Å². The van der Waals surface area contributed by atoms with Crippen LogP contribution in [0.5, 0.6) is 5.75 Å². The minimum absolute atomic E-state index is 0.0687. The van der Waals surface area contributed by atoms with Crippen molar-refractivity contribution in [2.24, 2.45) is 0 Å². The van der Waals surface area contributed by atoms with Gasteiger partial charge >= 0.3 is 5.97 Å². The van der Waals surface area contributed by atoms with Crippen molar-refractivity contribution in [3.63, 3.8) is 0 Å². The van der Waals surface area contributed by atoms with Gasteiger partial charge in [-0.1, -0.05) is 6.92 Å². The van der Waals surface area contributed by atoms with E-state index in [1.807, 2.05) is 6.92 Å². The minimum Gasteiger partial charge on any atom is -0.508 e. The van der Waals surface area contributed by atoms with Crippen LogP contribution in [0.3, 0.4) is 0 Å². The van der Waals surface area contributed by atoms with E-state index >= 15 is 0 Å². The van der Waals surface area contributed by atoms with E-state index in [-0.39, 0.29) is 17.4 Å². The van der Waals surface area contributed by atoms with Crippen LogP contribution >= 0.6 is 0 Å². The van der Waals surface area contributed by atoms with E-state index in [9.17, 15) is 9.90 Å². The first-order valence-electron chi connectivity index (χ1n) is 5.71. The van der Waals surface area contributed by atoms with Crippen molar-refractivity contribution in [2.75, 3.05) is 0 Å². The number of benzene rings is 1. The van der Waals surface area contributed by atoms with Gasteiger partial charge < -0.3 is 10.2 Å². The Morgan fingerprint density at radius 2 is 2.28 bits per heavy atom. The molecule has 92 valence electrons. The third-order valence-electron chi connectivity index (χ3n) is 3.38. The van der Waals surface area contributed by atoms with Gasteiger partial charge in [0.25, 0.3) is 0 Å². The van der Waals surface area contributed by atoms with Crippen molar-refractivity contribution in [1.82, 2.24) is 10.2 Å². The number of carboxylic acid groups (broad SMARTS) is 1. The predicted octanol–water partition coefficient (Wildman–Crippen LogP) is 2.14. The maximum absolute atomic E-state index is 11.1. The summed E-state index contributed by atoms with van der Waals surface area (Å²) >= 11 is 0. The highest BCUT2D eigenvalue weighted by Gasteiger charge is 2.29. The maximum Gasteiger partial charge on any atom is 0.354 e. The van der Waals surface area contributed by atoms with Crippen LogP contribution in [0, 0.1) is 0 Å². The number of aromatic nitrogens is 2. The molecule has 0 amide bonds. The average Bonchev–Trinajstić information content (AvgIpc) is 2.73. The molecule has 1 atom stereocenters. The highest BCUT2D eigenvalue weighted by Crippen LogP contribution is 2.40. The van der Waals surface area contributed by atoms with Gasteiger partial charge in [-0.2, -0.15) is 5.10 Å². The summed E-state index contributed by atoms with van der Waals surface area (Å²) in [5.74, 6) is -0.699. The van der Waals surface area contributed by atoms with Crippen molar-refractivity contribution in [3.8, 4) is 17.0 Å². The molecule has 1 heterocycles. The lowest BCUT2D eigenvalue weighted by molar-refractivity contribution is 0.0688. The molecular formula is C13H12N2O3. The second kappa shape index (κ2) is 3.60. The molecule has 1 aromatic carbocycles. The lowest BCUT2D eigenvalue weighted by Gasteiger charge is -2.21. The number of aromatic carboxylic acids is 1. The zero-order chi connectivity index (χ0) is 12.9. The van der Waals surface area contributed by atoms with E-state index < -0.39 is 5.97 Å². The first-order valence-corrected chi connectivity index (χ1v) is 5.71. The van der Waals surface area contributed by atoms with Gasteiger partial charge in [-0.25, -0.2) is 4.79 Å². The fourth-order valence-electron chi connectivity index (χ4n) is 2.61. The summed E-state index contributed by atoms with van der Waals surface area (Å²) in [7, 11) is 0. The molecule has 0 aliphatic heterocycles. The van der Waals surface area contributed by atoms with Crippen molar-refractivity contribution in [3.05, 3.63) is 35.0 Å². The number of carbonyl (C=O) groups is 1. The molecule has 0 saturated carbocycles. The van der Waals surface area contributed by atoms with Gasteiger partial charge in [0.1, 0.15) is 11.4 Å². The molecule has 1 aromatic heterocycles. The second-order valence-electron chi connectivity index (χ2n) is 4.61. The van der Waals surface area contributed by atoms with Crippen LogP contribution in [-0.4, -0.2) is 26.4 Å². The topological polar surface area (TPSA) is 86.2 Å². The van der Waals surface area contributed by atoms with Crippen LogP contribution in [-0.2, 0) is 6.42 Å². The number of phenols is 1. The molecule has 3 rings (SSSR count). The Kier molecular flexibility index (Phi) is 2.16. The lowest BCUT2D eigenvalue weighted by Crippen LogP contribution is -2.11. The maximum atomic E-state index is 11.1. The minimum atomic E-state index is -0.988. The number of nitrogens with one attached hydrogen (secondary N) is 1. The van der Waals surface area contributed by atoms with Gasteiger partial charge in [-0.3, -0.25) is 5.10 Å². The standard InChI is InChI=1S/C13H12N2O3/c1-6-4-7-5-8(16)2-3-9(7)11-10(6)12(13(17)18)15-14-11/h2-3,5-6,16H,4H2,1H3,(H,14,15)(H,17,18). The van der Waals surface area contributed by atoms with Gasteiger partial charge in [-0.15, -0.1) is 0 Å². The normalized spacial score (nSPS) is 17.1. The molecule has 5 heteroatoms. The Morgan fingerprint density at radius 1 is 1.50 bits per heavy atom. The van der Waals surface area contributed by atoms with E-state index in [1.54, 1.807) is 18.2 Å². The van der Waals surface area contributed by atoms with Crippen LogP contribution in [0.2, 0.25) is 0 Å². The van der Waals surface area contributed by atoms with Crippen molar-refractivity contribution in [2.45, 2.75) is 19.3 Å². The molecule has 18 heavy (non-hydrogen) atoms. The summed E-state index contributed by atoms with van der Waals surface area (Å²) in [6, 6.07) is 5.08. The van der Waals surface area contributed by atoms with Crippen LogP contribution in [0.25, 0.3) is 11.3 Å². The van der Waals surface area contributed by atoms with Crippen molar-refractivity contribution in [1.29, 1.82) is 0 Å². The van der Waals surface area contributed by atoms with E-state index in [2.05, 4.69) is 10.2 Å². The molecule has 1 aliphatic rings. The molecule has 5 nitrogen and oxygen atoms in total. The number of H-pyrrole nitrogens is 1. The number of aromatic amines is 1. The zero-order valence-electron chi connectivity index (χ0n) is 9.77. The molecule has 0 saturated heterocycles. The van der Waals surface area contributed by atoms with Crippen LogP contribution < -0.4 is 0 Å². The van der Waals surface area contributed by atoms with Gasteiger partial charge in [0.2, 0.25) is 0 Å². The number of carboxylic acids is 1. The summed E-state index contributed by atoms with van der Waals surface area (Å²) in [6.45, 7) is 1.97. The first kappa shape index (κ1) is 10.8. The summed E-state index contributed by atoms with van der Waals surface area (Å²) in [4.78, 5) is 11.1. The molecule has 2 aromatic rings. The Labute approximate surface area is 103 Å². The molecule has 1 aliphatic carbocycles. The number of rotatable bonds is 1. The van der Waals surface area contributed by atoms with Crippen LogP contribution in [0.4, 0.5) is 0 Å². The average molecular weight is 244 g/mol. The quantitative estimate of drug-likeness (QED) is 0.717. The predicted molar refractivity (Wildman–Crippen MR) is 64.8 cm³/mol. The highest BCUT2D eigenvalue weighted by molar-refractivity contribution is 5.91. The van der Waals surface area contributed by atoms with Crippen molar-refractivity contribution < 1.29 is 15.0 Å². The van der Waals surface area contributed by atoms with Crippen molar-refractivity contribution >= 4 is 5.97 Å². The molecule has 0 bridgehead atoms. The summed E-state index contributed by atoms with van der Waals surface area (Å²) in [6.07, 6.45) is 0.705. The van der Waals surface area contributed by atoms with E-state index in [0.717, 1.165) is 16.7 Å². The molecule has 0 fully saturated rings. The van der Waals surface area contributed by atoms with Gasteiger partial charge in [-0.05, 0) is 36.1 Å². The second-order valence-corrected chi connectivity index (χ2v) is 4.61. The Bertz CT molecular complexity index is 646. The number of hydrogen-bond acceptors (Lipinski definition) is 3. The number of nitrogens with zero attached hydrogens (tertiary/aromatic N) is 1. The third kappa shape index (κ3) is 1.40. The van der Waals surface area contributed by atoms with E-state index in [0.29, 0.717) is 12.1 Å². The summed E-state index contributed by atoms with van der Waals surface area (Å²) in [5, 5.41) is 25.3. The number of phenolic OH excluding ortho intramolecular Hbond substituents is 1. The zero-order valence-corrected chi connectivity index (χ0v) is 9.77. The Balaban J connectivity index is 2.26. The molecular weight excluding hydrogens is 232 g/mol. The molecule has 3 N–H and O–H groups in total. The number of aromatic hydroxyl groups is 1. The third-order valence-corrected chi connectivity index (χ3v) is 3.38. The molecule has 1 unspecified atom stereocenters. The largest absolute Gasteiger partial charge is 0.508 e. The van der Waals surface area contributed by atoms with E-state index in [1.165, 1.54) is 0 Å². The van der Waals surface area contributed by atoms with Gasteiger partial charge in [0.15, 0.2) is 0 Å². The summed E-state index contributed by atoms with van der Waals surface area (Å²) < 4.78 is 0. The van der Waals surface area contributed by atoms with E-state index in [4.69, 9.17) is 5.11 Å². The van der Waals surface area contributed by atoms with Crippen LogP contribution in [0.1, 0.15) is 34.5 Å². The Hall–Kier alpha value is -2.30. The smallest absolute Gasteiger partial charge is 0.354 e.